The molecule has 1 aromatic heterocycles. The number of hydrogen-bond acceptors (Lipinski definition) is 2. The van der Waals surface area contributed by atoms with E-state index >= 15 is 0 Å². The summed E-state index contributed by atoms with van der Waals surface area (Å²) < 4.78 is 0. The van der Waals surface area contributed by atoms with Gasteiger partial charge in [-0.05, 0) is 35.8 Å². The van der Waals surface area contributed by atoms with Crippen LogP contribution in [-0.4, -0.2) is 6.54 Å². The van der Waals surface area contributed by atoms with Gasteiger partial charge in [0.05, 0.1) is 0 Å². The monoisotopic (exact) mass is 223 g/mol. The number of fused-ring (bicyclic) bond motifs is 1. The molecule has 0 amide bonds. The fraction of sp³-hybridized carbons (Fsp3) is 0.692. The molecule has 0 radical (unpaired) electrons. The summed E-state index contributed by atoms with van der Waals surface area (Å²) in [6.45, 7) is 5.79. The summed E-state index contributed by atoms with van der Waals surface area (Å²) in [5, 5.41) is 5.88. The van der Waals surface area contributed by atoms with Crippen LogP contribution in [0.4, 0.5) is 0 Å². The van der Waals surface area contributed by atoms with E-state index in [1.165, 1.54) is 32.2 Å². The minimum absolute atomic E-state index is 0.638. The molecule has 0 fully saturated rings. The van der Waals surface area contributed by atoms with Gasteiger partial charge >= 0.3 is 0 Å². The molecule has 1 unspecified atom stereocenters. The Labute approximate surface area is 96.9 Å². The Bertz CT molecular complexity index is 303. The van der Waals surface area contributed by atoms with E-state index in [9.17, 15) is 0 Å². The summed E-state index contributed by atoms with van der Waals surface area (Å²) in [5.41, 5.74) is 1.58. The largest absolute Gasteiger partial charge is 0.310 e. The summed E-state index contributed by atoms with van der Waals surface area (Å²) in [6, 6.07) is 2.95. The van der Waals surface area contributed by atoms with Crippen LogP contribution in [0.1, 0.15) is 49.6 Å². The molecule has 0 bridgehead atoms. The van der Waals surface area contributed by atoms with Crippen molar-refractivity contribution in [3.8, 4) is 0 Å². The van der Waals surface area contributed by atoms with Crippen molar-refractivity contribution in [3.05, 3.63) is 21.9 Å². The average molecular weight is 223 g/mol. The molecule has 0 saturated heterocycles. The Morgan fingerprint density at radius 2 is 2.40 bits per heavy atom. The lowest BCUT2D eigenvalue weighted by atomic mass is 9.95. The van der Waals surface area contributed by atoms with Gasteiger partial charge in [-0.25, -0.2) is 0 Å². The molecular weight excluding hydrogens is 202 g/mol. The van der Waals surface area contributed by atoms with Crippen LogP contribution in [0.15, 0.2) is 11.4 Å². The first-order valence-electron chi connectivity index (χ1n) is 6.07. The topological polar surface area (TPSA) is 12.0 Å². The van der Waals surface area contributed by atoms with E-state index in [1.54, 1.807) is 10.4 Å². The van der Waals surface area contributed by atoms with Gasteiger partial charge in [0.2, 0.25) is 0 Å². The molecule has 0 saturated carbocycles. The van der Waals surface area contributed by atoms with Crippen LogP contribution in [0.25, 0.3) is 0 Å². The SMILES string of the molecule is CC(C)CCCC1NCCc2sccc21. The third kappa shape index (κ3) is 2.82. The number of hydrogen-bond donors (Lipinski definition) is 1. The van der Waals surface area contributed by atoms with Crippen molar-refractivity contribution in [2.24, 2.45) is 5.92 Å². The fourth-order valence-electron chi connectivity index (χ4n) is 2.32. The molecule has 1 N–H and O–H groups in total. The lowest BCUT2D eigenvalue weighted by Crippen LogP contribution is -2.28. The molecule has 2 heteroatoms. The Hall–Kier alpha value is -0.340. The lowest BCUT2D eigenvalue weighted by Gasteiger charge is -2.24. The zero-order chi connectivity index (χ0) is 10.7. The lowest BCUT2D eigenvalue weighted by molar-refractivity contribution is 0.436. The van der Waals surface area contributed by atoms with Crippen LogP contribution in [0, 0.1) is 5.92 Å². The van der Waals surface area contributed by atoms with E-state index < -0.39 is 0 Å². The van der Waals surface area contributed by atoms with Crippen LogP contribution in [0.3, 0.4) is 0 Å². The Morgan fingerprint density at radius 3 is 3.20 bits per heavy atom. The molecule has 1 aromatic rings. The summed E-state index contributed by atoms with van der Waals surface area (Å²) in [7, 11) is 0. The molecule has 2 heterocycles. The first kappa shape index (κ1) is 11.2. The smallest absolute Gasteiger partial charge is 0.0331 e. The van der Waals surface area contributed by atoms with Crippen molar-refractivity contribution in [1.82, 2.24) is 5.32 Å². The molecule has 15 heavy (non-hydrogen) atoms. The molecule has 1 aliphatic heterocycles. The van der Waals surface area contributed by atoms with Crippen LogP contribution < -0.4 is 5.32 Å². The maximum absolute atomic E-state index is 3.64. The van der Waals surface area contributed by atoms with E-state index in [0.717, 1.165) is 5.92 Å². The summed E-state index contributed by atoms with van der Waals surface area (Å²) in [4.78, 5) is 1.61. The minimum Gasteiger partial charge on any atom is -0.310 e. The molecule has 84 valence electrons. The Morgan fingerprint density at radius 1 is 1.53 bits per heavy atom. The number of thiophene rings is 1. The van der Waals surface area contributed by atoms with Gasteiger partial charge in [-0.3, -0.25) is 0 Å². The Kier molecular flexibility index (Phi) is 3.81. The van der Waals surface area contributed by atoms with Gasteiger partial charge in [0, 0.05) is 17.5 Å². The average Bonchev–Trinajstić information content (AvgIpc) is 2.65. The van der Waals surface area contributed by atoms with Gasteiger partial charge in [0.15, 0.2) is 0 Å². The second-order valence-electron chi connectivity index (χ2n) is 4.88. The third-order valence-electron chi connectivity index (χ3n) is 3.17. The van der Waals surface area contributed by atoms with Crippen LogP contribution in [0.2, 0.25) is 0 Å². The molecular formula is C13H21NS. The maximum atomic E-state index is 3.64. The van der Waals surface area contributed by atoms with Gasteiger partial charge < -0.3 is 5.32 Å². The Balaban J connectivity index is 1.89. The van der Waals surface area contributed by atoms with E-state index in [0.29, 0.717) is 6.04 Å². The van der Waals surface area contributed by atoms with Gasteiger partial charge in [-0.2, -0.15) is 0 Å². The van der Waals surface area contributed by atoms with Crippen molar-refractivity contribution in [2.75, 3.05) is 6.54 Å². The van der Waals surface area contributed by atoms with E-state index in [2.05, 4.69) is 30.6 Å². The van der Waals surface area contributed by atoms with E-state index in [1.807, 2.05) is 11.3 Å². The van der Waals surface area contributed by atoms with Crippen LogP contribution in [-0.2, 0) is 6.42 Å². The van der Waals surface area contributed by atoms with E-state index in [-0.39, 0.29) is 0 Å². The molecule has 1 aliphatic rings. The second-order valence-corrected chi connectivity index (χ2v) is 5.88. The number of nitrogens with one attached hydrogen (secondary N) is 1. The summed E-state index contributed by atoms with van der Waals surface area (Å²) in [6.07, 6.45) is 5.25. The normalized spacial score (nSPS) is 20.6. The standard InChI is InChI=1S/C13H21NS/c1-10(2)4-3-5-12-11-7-9-15-13(11)6-8-14-12/h7,9-10,12,14H,3-6,8H2,1-2H3. The van der Waals surface area contributed by atoms with Gasteiger partial charge in [-0.15, -0.1) is 11.3 Å². The third-order valence-corrected chi connectivity index (χ3v) is 4.17. The zero-order valence-corrected chi connectivity index (χ0v) is 10.6. The zero-order valence-electron chi connectivity index (χ0n) is 9.75. The van der Waals surface area contributed by atoms with Gasteiger partial charge in [0.25, 0.3) is 0 Å². The highest BCUT2D eigenvalue weighted by molar-refractivity contribution is 7.10. The quantitative estimate of drug-likeness (QED) is 0.819. The molecule has 0 spiro atoms. The first-order valence-corrected chi connectivity index (χ1v) is 6.95. The van der Waals surface area contributed by atoms with E-state index in [4.69, 9.17) is 0 Å². The van der Waals surface area contributed by atoms with Gasteiger partial charge in [-0.1, -0.05) is 26.7 Å². The van der Waals surface area contributed by atoms with Crippen molar-refractivity contribution in [2.45, 2.75) is 45.6 Å². The maximum Gasteiger partial charge on any atom is 0.0331 e. The van der Waals surface area contributed by atoms with Crippen LogP contribution in [0.5, 0.6) is 0 Å². The second kappa shape index (κ2) is 5.13. The van der Waals surface area contributed by atoms with Crippen molar-refractivity contribution >= 4 is 11.3 Å². The highest BCUT2D eigenvalue weighted by Crippen LogP contribution is 2.30. The minimum atomic E-state index is 0.638. The van der Waals surface area contributed by atoms with Crippen LogP contribution >= 0.6 is 11.3 Å². The molecule has 1 atom stereocenters. The van der Waals surface area contributed by atoms with Crippen molar-refractivity contribution < 1.29 is 0 Å². The highest BCUT2D eigenvalue weighted by atomic mass is 32.1. The van der Waals surface area contributed by atoms with Crippen molar-refractivity contribution in [1.29, 1.82) is 0 Å². The molecule has 2 rings (SSSR count). The van der Waals surface area contributed by atoms with Crippen molar-refractivity contribution in [3.63, 3.8) is 0 Å². The molecule has 0 aromatic carbocycles. The highest BCUT2D eigenvalue weighted by Gasteiger charge is 2.19. The summed E-state index contributed by atoms with van der Waals surface area (Å²) in [5.74, 6) is 0.843. The predicted octanol–water partition coefficient (Wildman–Crippen LogP) is 3.76. The predicted molar refractivity (Wildman–Crippen MR) is 67.5 cm³/mol. The number of rotatable bonds is 4. The molecule has 0 aliphatic carbocycles. The molecule has 1 nitrogen and oxygen atoms in total. The summed E-state index contributed by atoms with van der Waals surface area (Å²) >= 11 is 1.93. The van der Waals surface area contributed by atoms with Gasteiger partial charge in [0.1, 0.15) is 0 Å². The fourth-order valence-corrected chi connectivity index (χ4v) is 3.27. The first-order chi connectivity index (χ1) is 7.27.